The first-order valence-corrected chi connectivity index (χ1v) is 5.25. The number of para-hydroxylation sites is 2. The first kappa shape index (κ1) is 11.8. The van der Waals surface area contributed by atoms with E-state index in [0.717, 1.165) is 5.69 Å². The number of nitrogens with zero attached hydrogens (tertiary/aromatic N) is 2. The lowest BCUT2D eigenvalue weighted by Gasteiger charge is -2.07. The number of aromatic nitrogens is 1. The largest absolute Gasteiger partial charge is 0.448 e. The van der Waals surface area contributed by atoms with Gasteiger partial charge < -0.3 is 10.1 Å². The van der Waals surface area contributed by atoms with Gasteiger partial charge in [-0.2, -0.15) is 0 Å². The molecule has 18 heavy (non-hydrogen) atoms. The topological polar surface area (TPSA) is 77.3 Å². The van der Waals surface area contributed by atoms with Gasteiger partial charge in [0, 0.05) is 19.2 Å². The van der Waals surface area contributed by atoms with Gasteiger partial charge in [0.05, 0.1) is 23.0 Å². The average Bonchev–Trinajstić information content (AvgIpc) is 2.39. The van der Waals surface area contributed by atoms with Gasteiger partial charge in [-0.3, -0.25) is 15.1 Å². The van der Waals surface area contributed by atoms with Gasteiger partial charge in [-0.1, -0.05) is 12.1 Å². The number of hydrogen-bond acceptors (Lipinski definition) is 5. The SMILES string of the molecule is CNc1cncc(Oc2ccccc2[N+](=O)[O-])c1. The molecular formula is C12H11N3O3. The second-order valence-corrected chi connectivity index (χ2v) is 3.49. The Labute approximate surface area is 103 Å². The predicted molar refractivity (Wildman–Crippen MR) is 67.0 cm³/mol. The maximum atomic E-state index is 10.8. The van der Waals surface area contributed by atoms with E-state index in [9.17, 15) is 10.1 Å². The van der Waals surface area contributed by atoms with E-state index in [0.29, 0.717) is 5.75 Å². The van der Waals surface area contributed by atoms with Crippen molar-refractivity contribution in [3.63, 3.8) is 0 Å². The van der Waals surface area contributed by atoms with Gasteiger partial charge in [0.2, 0.25) is 5.75 Å². The van der Waals surface area contributed by atoms with Crippen LogP contribution in [-0.2, 0) is 0 Å². The zero-order valence-electron chi connectivity index (χ0n) is 9.66. The molecule has 1 aromatic heterocycles. The highest BCUT2D eigenvalue weighted by molar-refractivity contribution is 5.50. The summed E-state index contributed by atoms with van der Waals surface area (Å²) in [5, 5.41) is 13.7. The summed E-state index contributed by atoms with van der Waals surface area (Å²) in [6.07, 6.45) is 3.13. The Balaban J connectivity index is 2.31. The molecule has 2 aromatic rings. The van der Waals surface area contributed by atoms with Crippen LogP contribution >= 0.6 is 0 Å². The normalized spacial score (nSPS) is 9.83. The smallest absolute Gasteiger partial charge is 0.311 e. The number of nitro benzene ring substituents is 1. The Morgan fingerprint density at radius 2 is 2.11 bits per heavy atom. The molecule has 92 valence electrons. The summed E-state index contributed by atoms with van der Waals surface area (Å²) in [4.78, 5) is 14.3. The molecule has 1 N–H and O–H groups in total. The summed E-state index contributed by atoms with van der Waals surface area (Å²) in [5.41, 5.74) is 0.693. The number of anilines is 1. The van der Waals surface area contributed by atoms with E-state index < -0.39 is 4.92 Å². The monoisotopic (exact) mass is 245 g/mol. The molecule has 0 atom stereocenters. The van der Waals surface area contributed by atoms with Crippen molar-refractivity contribution in [1.82, 2.24) is 4.98 Å². The summed E-state index contributed by atoms with van der Waals surface area (Å²) in [6, 6.07) is 7.92. The van der Waals surface area contributed by atoms with Gasteiger partial charge in [-0.15, -0.1) is 0 Å². The molecule has 6 heteroatoms. The van der Waals surface area contributed by atoms with E-state index in [4.69, 9.17) is 4.74 Å². The molecule has 0 aliphatic rings. The predicted octanol–water partition coefficient (Wildman–Crippen LogP) is 2.82. The summed E-state index contributed by atoms with van der Waals surface area (Å²) in [6.45, 7) is 0. The number of ether oxygens (including phenoxy) is 1. The van der Waals surface area contributed by atoms with Gasteiger partial charge in [0.25, 0.3) is 0 Å². The van der Waals surface area contributed by atoms with E-state index >= 15 is 0 Å². The molecule has 1 heterocycles. The van der Waals surface area contributed by atoms with Crippen LogP contribution in [0.15, 0.2) is 42.7 Å². The first-order valence-electron chi connectivity index (χ1n) is 5.25. The minimum absolute atomic E-state index is 0.0765. The van der Waals surface area contributed by atoms with E-state index in [1.165, 1.54) is 12.3 Å². The molecule has 0 saturated carbocycles. The van der Waals surface area contributed by atoms with Crippen LogP contribution in [0.1, 0.15) is 0 Å². The Morgan fingerprint density at radius 3 is 2.83 bits per heavy atom. The number of nitro groups is 1. The molecule has 0 amide bonds. The van der Waals surface area contributed by atoms with Crippen molar-refractivity contribution in [2.75, 3.05) is 12.4 Å². The zero-order chi connectivity index (χ0) is 13.0. The highest BCUT2D eigenvalue weighted by Gasteiger charge is 2.14. The van der Waals surface area contributed by atoms with Crippen LogP contribution < -0.4 is 10.1 Å². The molecular weight excluding hydrogens is 234 g/mol. The minimum atomic E-state index is -0.481. The van der Waals surface area contributed by atoms with Crippen molar-refractivity contribution < 1.29 is 9.66 Å². The standard InChI is InChI=1S/C12H11N3O3/c1-13-9-6-10(8-14-7-9)18-12-5-3-2-4-11(12)15(16)17/h2-8,13H,1H3. The number of benzene rings is 1. The first-order chi connectivity index (χ1) is 8.70. The van der Waals surface area contributed by atoms with Crippen LogP contribution in [0, 0.1) is 10.1 Å². The lowest BCUT2D eigenvalue weighted by Crippen LogP contribution is -1.94. The summed E-state index contributed by atoms with van der Waals surface area (Å²) in [5.74, 6) is 0.633. The summed E-state index contributed by atoms with van der Waals surface area (Å²) < 4.78 is 5.47. The molecule has 0 fully saturated rings. The van der Waals surface area contributed by atoms with Crippen LogP contribution in [0.4, 0.5) is 11.4 Å². The summed E-state index contributed by atoms with van der Waals surface area (Å²) >= 11 is 0. The molecule has 0 radical (unpaired) electrons. The molecule has 1 aromatic carbocycles. The van der Waals surface area contributed by atoms with Crippen LogP contribution in [0.5, 0.6) is 11.5 Å². The molecule has 0 aliphatic heterocycles. The summed E-state index contributed by atoms with van der Waals surface area (Å²) in [7, 11) is 1.76. The van der Waals surface area contributed by atoms with E-state index in [1.807, 2.05) is 0 Å². The quantitative estimate of drug-likeness (QED) is 0.662. The van der Waals surface area contributed by atoms with Gasteiger partial charge in [-0.25, -0.2) is 0 Å². The number of hydrogen-bond donors (Lipinski definition) is 1. The maximum Gasteiger partial charge on any atom is 0.311 e. The second-order valence-electron chi connectivity index (χ2n) is 3.49. The van der Waals surface area contributed by atoms with Crippen molar-refractivity contribution in [2.24, 2.45) is 0 Å². The maximum absolute atomic E-state index is 10.8. The van der Waals surface area contributed by atoms with Crippen LogP contribution in [0.25, 0.3) is 0 Å². The Morgan fingerprint density at radius 1 is 1.33 bits per heavy atom. The molecule has 0 bridgehead atoms. The minimum Gasteiger partial charge on any atom is -0.448 e. The fourth-order valence-corrected chi connectivity index (χ4v) is 1.43. The fourth-order valence-electron chi connectivity index (χ4n) is 1.43. The zero-order valence-corrected chi connectivity index (χ0v) is 9.66. The van der Waals surface area contributed by atoms with Gasteiger partial charge in [0.1, 0.15) is 5.75 Å². The third-order valence-electron chi connectivity index (χ3n) is 2.29. The average molecular weight is 245 g/mol. The Bertz CT molecular complexity index is 572. The molecule has 0 unspecified atom stereocenters. The van der Waals surface area contributed by atoms with Crippen LogP contribution in [-0.4, -0.2) is 17.0 Å². The van der Waals surface area contributed by atoms with Crippen molar-refractivity contribution in [3.8, 4) is 11.5 Å². The number of pyridine rings is 1. The molecule has 0 spiro atoms. The van der Waals surface area contributed by atoms with Crippen molar-refractivity contribution in [1.29, 1.82) is 0 Å². The lowest BCUT2D eigenvalue weighted by atomic mass is 10.3. The van der Waals surface area contributed by atoms with E-state index in [2.05, 4.69) is 10.3 Å². The number of nitrogens with one attached hydrogen (secondary N) is 1. The fraction of sp³-hybridized carbons (Fsp3) is 0.0833. The van der Waals surface area contributed by atoms with Gasteiger partial charge in [-0.05, 0) is 6.07 Å². The van der Waals surface area contributed by atoms with Gasteiger partial charge >= 0.3 is 5.69 Å². The molecule has 2 rings (SSSR count). The number of rotatable bonds is 4. The van der Waals surface area contributed by atoms with E-state index in [-0.39, 0.29) is 11.4 Å². The highest BCUT2D eigenvalue weighted by Crippen LogP contribution is 2.31. The van der Waals surface area contributed by atoms with Gasteiger partial charge in [0.15, 0.2) is 0 Å². The third kappa shape index (κ3) is 2.54. The molecule has 0 aliphatic carbocycles. The Kier molecular flexibility index (Phi) is 3.38. The molecule has 6 nitrogen and oxygen atoms in total. The van der Waals surface area contributed by atoms with Crippen LogP contribution in [0.3, 0.4) is 0 Å². The van der Waals surface area contributed by atoms with E-state index in [1.54, 1.807) is 37.5 Å². The van der Waals surface area contributed by atoms with Crippen molar-refractivity contribution in [3.05, 3.63) is 52.8 Å². The Hall–Kier alpha value is -2.63. The third-order valence-corrected chi connectivity index (χ3v) is 2.29. The van der Waals surface area contributed by atoms with Crippen LogP contribution in [0.2, 0.25) is 0 Å². The van der Waals surface area contributed by atoms with Crippen molar-refractivity contribution >= 4 is 11.4 Å². The second kappa shape index (κ2) is 5.13. The van der Waals surface area contributed by atoms with Crippen molar-refractivity contribution in [2.45, 2.75) is 0 Å². The lowest BCUT2D eigenvalue weighted by molar-refractivity contribution is -0.385. The highest BCUT2D eigenvalue weighted by atomic mass is 16.6. The molecule has 0 saturated heterocycles.